The lowest BCUT2D eigenvalue weighted by Crippen LogP contribution is -2.52. The maximum Gasteiger partial charge on any atom is 0.264 e. The highest BCUT2D eigenvalue weighted by atomic mass is 79.9. The maximum absolute atomic E-state index is 13.9. The van der Waals surface area contributed by atoms with Crippen molar-refractivity contribution in [3.05, 3.63) is 92.9 Å². The topological polar surface area (TPSA) is 86.8 Å². The summed E-state index contributed by atoms with van der Waals surface area (Å²) in [5.74, 6) is -0.892. The van der Waals surface area contributed by atoms with Gasteiger partial charge in [-0.1, -0.05) is 76.4 Å². The van der Waals surface area contributed by atoms with E-state index in [9.17, 15) is 18.0 Å². The van der Waals surface area contributed by atoms with Gasteiger partial charge in [0.25, 0.3) is 10.0 Å². The van der Waals surface area contributed by atoms with Crippen LogP contribution in [0, 0.1) is 0 Å². The summed E-state index contributed by atoms with van der Waals surface area (Å²) in [7, 11) is -4.18. The number of rotatable bonds is 11. The van der Waals surface area contributed by atoms with E-state index in [1.165, 1.54) is 35.2 Å². The van der Waals surface area contributed by atoms with Crippen molar-refractivity contribution in [1.29, 1.82) is 0 Å². The molecule has 0 bridgehead atoms. The molecule has 3 aromatic carbocycles. The number of hydrogen-bond acceptors (Lipinski definition) is 4. The molecule has 0 aliphatic heterocycles. The normalized spacial score (nSPS) is 12.9. The van der Waals surface area contributed by atoms with Gasteiger partial charge in [0, 0.05) is 17.1 Å². The number of halogens is 3. The fourth-order valence-corrected chi connectivity index (χ4v) is 5.71. The van der Waals surface area contributed by atoms with E-state index in [0.29, 0.717) is 0 Å². The minimum Gasteiger partial charge on any atom is -0.352 e. The molecule has 0 heterocycles. The zero-order valence-electron chi connectivity index (χ0n) is 21.8. The summed E-state index contributed by atoms with van der Waals surface area (Å²) in [6.45, 7) is 4.99. The molecule has 0 fully saturated rings. The number of anilines is 1. The summed E-state index contributed by atoms with van der Waals surface area (Å²) in [6, 6.07) is 18.5. The number of nitrogens with zero attached hydrogens (tertiary/aromatic N) is 2. The predicted octanol–water partition coefficient (Wildman–Crippen LogP) is 6.28. The average molecular weight is 655 g/mol. The Hall–Kier alpha value is -2.59. The van der Waals surface area contributed by atoms with Crippen molar-refractivity contribution in [1.82, 2.24) is 10.2 Å². The maximum atomic E-state index is 13.9. The van der Waals surface area contributed by atoms with Crippen LogP contribution in [0.4, 0.5) is 5.69 Å². The number of sulfonamides is 1. The molecule has 3 aromatic rings. The van der Waals surface area contributed by atoms with Crippen molar-refractivity contribution >= 4 is 66.7 Å². The molecule has 0 aliphatic rings. The van der Waals surface area contributed by atoms with E-state index in [0.717, 1.165) is 20.8 Å². The molecule has 208 valence electrons. The van der Waals surface area contributed by atoms with Crippen LogP contribution in [0.2, 0.25) is 10.0 Å². The molecule has 0 saturated heterocycles. The summed E-state index contributed by atoms with van der Waals surface area (Å²) in [4.78, 5) is 28.4. The van der Waals surface area contributed by atoms with E-state index < -0.39 is 28.5 Å². The van der Waals surface area contributed by atoms with Crippen LogP contribution >= 0.6 is 39.1 Å². The highest BCUT2D eigenvalue weighted by molar-refractivity contribution is 9.10. The lowest BCUT2D eigenvalue weighted by Gasteiger charge is -2.32. The monoisotopic (exact) mass is 653 g/mol. The van der Waals surface area contributed by atoms with E-state index in [-0.39, 0.29) is 39.1 Å². The SMILES string of the molecule is CC[C@@H](C)NC(=O)[C@@H](C)N(Cc1ccc(Br)cc1)C(=O)CN(c1ccc(Cl)c(Cl)c1)S(=O)(=O)c1ccccc1. The minimum atomic E-state index is -4.18. The zero-order chi connectivity index (χ0) is 28.7. The molecule has 0 spiro atoms. The van der Waals surface area contributed by atoms with Crippen LogP contribution in [0.1, 0.15) is 32.8 Å². The van der Waals surface area contributed by atoms with Crippen LogP contribution < -0.4 is 9.62 Å². The van der Waals surface area contributed by atoms with Crippen LogP contribution in [0.25, 0.3) is 0 Å². The van der Waals surface area contributed by atoms with Crippen LogP contribution in [0.15, 0.2) is 82.2 Å². The Kier molecular flexibility index (Phi) is 10.8. The van der Waals surface area contributed by atoms with Crippen LogP contribution in [0.3, 0.4) is 0 Å². The second kappa shape index (κ2) is 13.7. The Morgan fingerprint density at radius 1 is 0.949 bits per heavy atom. The number of carbonyl (C=O) groups excluding carboxylic acids is 2. The summed E-state index contributed by atoms with van der Waals surface area (Å²) in [5, 5.41) is 3.30. The van der Waals surface area contributed by atoms with E-state index in [1.54, 1.807) is 25.1 Å². The third-order valence-electron chi connectivity index (χ3n) is 6.24. The highest BCUT2D eigenvalue weighted by Gasteiger charge is 2.33. The van der Waals surface area contributed by atoms with Gasteiger partial charge in [0.15, 0.2) is 0 Å². The predicted molar refractivity (Wildman–Crippen MR) is 159 cm³/mol. The van der Waals surface area contributed by atoms with Crippen LogP contribution in [-0.4, -0.2) is 43.8 Å². The molecular formula is C28H30BrCl2N3O4S. The molecule has 2 amide bonds. The zero-order valence-corrected chi connectivity index (χ0v) is 25.7. The van der Waals surface area contributed by atoms with Gasteiger partial charge in [-0.05, 0) is 68.3 Å². The second-order valence-electron chi connectivity index (χ2n) is 9.07. The van der Waals surface area contributed by atoms with Crippen molar-refractivity contribution in [2.24, 2.45) is 0 Å². The molecular weight excluding hydrogens is 625 g/mol. The van der Waals surface area contributed by atoms with Gasteiger partial charge < -0.3 is 10.2 Å². The lowest BCUT2D eigenvalue weighted by atomic mass is 10.1. The number of benzene rings is 3. The third kappa shape index (κ3) is 7.97. The molecule has 3 rings (SSSR count). The molecule has 0 saturated carbocycles. The fraction of sp³-hybridized carbons (Fsp3) is 0.286. The van der Waals surface area contributed by atoms with E-state index >= 15 is 0 Å². The van der Waals surface area contributed by atoms with Crippen molar-refractivity contribution in [2.75, 3.05) is 10.8 Å². The molecule has 0 radical (unpaired) electrons. The first-order chi connectivity index (χ1) is 18.4. The van der Waals surface area contributed by atoms with E-state index in [2.05, 4.69) is 21.2 Å². The third-order valence-corrected chi connectivity index (χ3v) is 9.29. The van der Waals surface area contributed by atoms with E-state index in [1.807, 2.05) is 38.1 Å². The van der Waals surface area contributed by atoms with Gasteiger partial charge in [-0.25, -0.2) is 8.42 Å². The van der Waals surface area contributed by atoms with Crippen LogP contribution in [-0.2, 0) is 26.2 Å². The highest BCUT2D eigenvalue weighted by Crippen LogP contribution is 2.31. The molecule has 11 heteroatoms. The summed E-state index contributed by atoms with van der Waals surface area (Å²) in [6.07, 6.45) is 0.722. The Morgan fingerprint density at radius 3 is 2.18 bits per heavy atom. The van der Waals surface area contributed by atoms with Crippen molar-refractivity contribution in [3.63, 3.8) is 0 Å². The lowest BCUT2D eigenvalue weighted by molar-refractivity contribution is -0.139. The smallest absolute Gasteiger partial charge is 0.264 e. The average Bonchev–Trinajstić information content (AvgIpc) is 2.92. The Labute approximate surface area is 248 Å². The Morgan fingerprint density at radius 2 is 1.59 bits per heavy atom. The standard InChI is InChI=1S/C28H30BrCl2N3O4S/c1-4-19(2)32-28(36)20(3)33(17-21-10-12-22(29)13-11-21)27(35)18-34(23-14-15-25(30)26(31)16-23)39(37,38)24-8-6-5-7-9-24/h5-16,19-20H,4,17-18H2,1-3H3,(H,32,36)/t19-,20-/m1/s1. The Balaban J connectivity index is 2.03. The van der Waals surface area contributed by atoms with Gasteiger partial charge in [0.05, 0.1) is 20.6 Å². The van der Waals surface area contributed by atoms with Gasteiger partial charge in [0.2, 0.25) is 11.8 Å². The first-order valence-electron chi connectivity index (χ1n) is 12.3. The quantitative estimate of drug-likeness (QED) is 0.264. The summed E-state index contributed by atoms with van der Waals surface area (Å²) < 4.78 is 29.4. The second-order valence-corrected chi connectivity index (χ2v) is 12.7. The fourth-order valence-electron chi connectivity index (χ4n) is 3.72. The van der Waals surface area contributed by atoms with Crippen molar-refractivity contribution in [3.8, 4) is 0 Å². The molecule has 0 aromatic heterocycles. The number of hydrogen-bond donors (Lipinski definition) is 1. The minimum absolute atomic E-state index is 0.00546. The number of nitrogens with one attached hydrogen (secondary N) is 1. The van der Waals surface area contributed by atoms with E-state index in [4.69, 9.17) is 23.2 Å². The van der Waals surface area contributed by atoms with Crippen molar-refractivity contribution in [2.45, 2.75) is 50.7 Å². The molecule has 1 N–H and O–H groups in total. The van der Waals surface area contributed by atoms with Gasteiger partial charge in [-0.15, -0.1) is 0 Å². The van der Waals surface area contributed by atoms with Gasteiger partial charge in [-0.2, -0.15) is 0 Å². The summed E-state index contributed by atoms with van der Waals surface area (Å²) >= 11 is 15.7. The van der Waals surface area contributed by atoms with Crippen molar-refractivity contribution < 1.29 is 18.0 Å². The molecule has 0 aliphatic carbocycles. The first-order valence-corrected chi connectivity index (χ1v) is 15.3. The molecule has 2 atom stereocenters. The van der Waals surface area contributed by atoms with Gasteiger partial charge >= 0.3 is 0 Å². The number of carbonyl (C=O) groups is 2. The summed E-state index contributed by atoms with van der Waals surface area (Å²) in [5.41, 5.74) is 0.948. The Bertz CT molecular complexity index is 1410. The van der Waals surface area contributed by atoms with Gasteiger partial charge in [0.1, 0.15) is 12.6 Å². The largest absolute Gasteiger partial charge is 0.352 e. The molecule has 7 nitrogen and oxygen atoms in total. The molecule has 0 unspecified atom stereocenters. The first kappa shape index (κ1) is 30.9. The van der Waals surface area contributed by atoms with Crippen LogP contribution in [0.5, 0.6) is 0 Å². The van der Waals surface area contributed by atoms with Gasteiger partial charge in [-0.3, -0.25) is 13.9 Å². The molecule has 39 heavy (non-hydrogen) atoms. The number of amides is 2.